The molecule has 1 aliphatic rings. The maximum absolute atomic E-state index is 12.4. The highest BCUT2D eigenvalue weighted by Gasteiger charge is 2.28. The van der Waals surface area contributed by atoms with Crippen LogP contribution in [0.15, 0.2) is 23.1 Å². The second kappa shape index (κ2) is 6.01. The van der Waals surface area contributed by atoms with Crippen LogP contribution in [0.1, 0.15) is 26.2 Å². The van der Waals surface area contributed by atoms with Gasteiger partial charge in [-0.05, 0) is 37.3 Å². The summed E-state index contributed by atoms with van der Waals surface area (Å²) < 4.78 is 37.9. The van der Waals surface area contributed by atoms with Crippen LogP contribution in [0, 0.1) is 5.92 Å². The first-order chi connectivity index (χ1) is 9.46. The van der Waals surface area contributed by atoms with E-state index in [1.54, 1.807) is 12.1 Å². The second-order valence-electron chi connectivity index (χ2n) is 5.25. The smallest absolute Gasteiger partial charge is 0.244 e. The van der Waals surface area contributed by atoms with Crippen molar-refractivity contribution in [2.45, 2.75) is 37.1 Å². The molecular weight excluding hydrogens is 278 g/mol. The lowest BCUT2D eigenvalue weighted by Crippen LogP contribution is -2.33. The van der Waals surface area contributed by atoms with E-state index in [0.717, 1.165) is 19.3 Å². The van der Waals surface area contributed by atoms with Crippen LogP contribution < -0.4 is 14.2 Å². The molecule has 1 saturated carbocycles. The number of ether oxygens (including phenoxy) is 2. The van der Waals surface area contributed by atoms with Gasteiger partial charge in [-0.2, -0.15) is 0 Å². The number of nitrogens with one attached hydrogen (secondary N) is 1. The van der Waals surface area contributed by atoms with E-state index < -0.39 is 10.0 Å². The Morgan fingerprint density at radius 3 is 2.50 bits per heavy atom. The molecule has 0 spiro atoms. The maximum Gasteiger partial charge on any atom is 0.244 e. The Bertz CT molecular complexity index is 571. The van der Waals surface area contributed by atoms with Gasteiger partial charge in [0.05, 0.1) is 14.2 Å². The molecule has 0 heterocycles. The van der Waals surface area contributed by atoms with E-state index in [2.05, 4.69) is 11.6 Å². The summed E-state index contributed by atoms with van der Waals surface area (Å²) >= 11 is 0. The van der Waals surface area contributed by atoms with E-state index >= 15 is 0 Å². The standard InChI is InChI=1S/C14H21NO4S/c1-10-4-5-11(8-10)15-20(16,17)14-7-6-12(18-2)9-13(14)19-3/h6-7,9-11,15H,4-5,8H2,1-3H3. The monoisotopic (exact) mass is 299 g/mol. The third-order valence-electron chi connectivity index (χ3n) is 3.68. The van der Waals surface area contributed by atoms with Crippen molar-refractivity contribution in [2.75, 3.05) is 14.2 Å². The van der Waals surface area contributed by atoms with Gasteiger partial charge >= 0.3 is 0 Å². The number of benzene rings is 1. The average molecular weight is 299 g/mol. The summed E-state index contributed by atoms with van der Waals surface area (Å²) in [5.41, 5.74) is 0. The van der Waals surface area contributed by atoms with Crippen molar-refractivity contribution >= 4 is 10.0 Å². The summed E-state index contributed by atoms with van der Waals surface area (Å²) in [5, 5.41) is 0. The first-order valence-electron chi connectivity index (χ1n) is 6.70. The number of hydrogen-bond acceptors (Lipinski definition) is 4. The minimum atomic E-state index is -3.57. The Balaban J connectivity index is 2.24. The van der Waals surface area contributed by atoms with Crippen LogP contribution in [0.4, 0.5) is 0 Å². The SMILES string of the molecule is COc1ccc(S(=O)(=O)NC2CCC(C)C2)c(OC)c1. The van der Waals surface area contributed by atoms with E-state index in [4.69, 9.17) is 9.47 Å². The van der Waals surface area contributed by atoms with Crippen molar-refractivity contribution in [1.82, 2.24) is 4.72 Å². The van der Waals surface area contributed by atoms with Gasteiger partial charge in [0.2, 0.25) is 10.0 Å². The molecule has 1 aliphatic carbocycles. The highest BCUT2D eigenvalue weighted by molar-refractivity contribution is 7.89. The summed E-state index contributed by atoms with van der Waals surface area (Å²) in [7, 11) is -0.587. The quantitative estimate of drug-likeness (QED) is 0.905. The molecule has 1 N–H and O–H groups in total. The van der Waals surface area contributed by atoms with Gasteiger partial charge in [-0.1, -0.05) is 6.92 Å². The molecule has 0 aromatic heterocycles. The zero-order chi connectivity index (χ0) is 14.8. The Hall–Kier alpha value is -1.27. The van der Waals surface area contributed by atoms with Gasteiger partial charge in [-0.3, -0.25) is 0 Å². The minimum Gasteiger partial charge on any atom is -0.497 e. The fraction of sp³-hybridized carbons (Fsp3) is 0.571. The van der Waals surface area contributed by atoms with Crippen LogP contribution in [-0.2, 0) is 10.0 Å². The third kappa shape index (κ3) is 3.24. The molecule has 6 heteroatoms. The van der Waals surface area contributed by atoms with Crippen molar-refractivity contribution in [1.29, 1.82) is 0 Å². The molecule has 1 aromatic rings. The van der Waals surface area contributed by atoms with Gasteiger partial charge in [0.25, 0.3) is 0 Å². The summed E-state index contributed by atoms with van der Waals surface area (Å²) in [5.74, 6) is 1.43. The van der Waals surface area contributed by atoms with Gasteiger partial charge < -0.3 is 9.47 Å². The first kappa shape index (κ1) is 15.1. The molecule has 2 rings (SSSR count). The summed E-state index contributed by atoms with van der Waals surface area (Å²) in [6, 6.07) is 4.72. The molecule has 2 atom stereocenters. The van der Waals surface area contributed by atoms with E-state index in [1.807, 2.05) is 0 Å². The zero-order valence-electron chi connectivity index (χ0n) is 12.0. The Morgan fingerprint density at radius 2 is 1.95 bits per heavy atom. The van der Waals surface area contributed by atoms with Crippen molar-refractivity contribution in [3.63, 3.8) is 0 Å². The van der Waals surface area contributed by atoms with Crippen molar-refractivity contribution in [3.05, 3.63) is 18.2 Å². The predicted octanol–water partition coefficient (Wildman–Crippen LogP) is 2.17. The molecule has 0 aliphatic heterocycles. The van der Waals surface area contributed by atoms with Crippen LogP contribution in [0.5, 0.6) is 11.5 Å². The normalized spacial score (nSPS) is 22.8. The molecule has 1 fully saturated rings. The van der Waals surface area contributed by atoms with Crippen molar-refractivity contribution in [2.24, 2.45) is 5.92 Å². The molecule has 5 nitrogen and oxygen atoms in total. The Labute approximate surface area is 120 Å². The largest absolute Gasteiger partial charge is 0.497 e. The number of sulfonamides is 1. The van der Waals surface area contributed by atoms with E-state index in [9.17, 15) is 8.42 Å². The van der Waals surface area contributed by atoms with Gasteiger partial charge in [0.15, 0.2) is 0 Å². The molecule has 0 bridgehead atoms. The average Bonchev–Trinajstić information content (AvgIpc) is 2.82. The molecule has 0 amide bonds. The summed E-state index contributed by atoms with van der Waals surface area (Å²) in [4.78, 5) is 0.153. The molecular formula is C14H21NO4S. The first-order valence-corrected chi connectivity index (χ1v) is 8.19. The van der Waals surface area contributed by atoms with Crippen LogP contribution in [0.2, 0.25) is 0 Å². The summed E-state index contributed by atoms with van der Waals surface area (Å²) in [6.45, 7) is 2.14. The zero-order valence-corrected chi connectivity index (χ0v) is 12.9. The fourth-order valence-corrected chi connectivity index (χ4v) is 4.03. The highest BCUT2D eigenvalue weighted by Crippen LogP contribution is 2.30. The fourth-order valence-electron chi connectivity index (χ4n) is 2.59. The van der Waals surface area contributed by atoms with Gasteiger partial charge in [-0.25, -0.2) is 13.1 Å². The second-order valence-corrected chi connectivity index (χ2v) is 6.94. The molecule has 20 heavy (non-hydrogen) atoms. The van der Waals surface area contributed by atoms with Crippen LogP contribution in [0.25, 0.3) is 0 Å². The Kier molecular flexibility index (Phi) is 4.55. The van der Waals surface area contributed by atoms with E-state index in [0.29, 0.717) is 17.4 Å². The topological polar surface area (TPSA) is 64.6 Å². The Morgan fingerprint density at radius 1 is 1.20 bits per heavy atom. The lowest BCUT2D eigenvalue weighted by Gasteiger charge is -2.15. The number of methoxy groups -OCH3 is 2. The third-order valence-corrected chi connectivity index (χ3v) is 5.24. The number of rotatable bonds is 5. The minimum absolute atomic E-state index is 0.0156. The molecule has 1 aromatic carbocycles. The van der Waals surface area contributed by atoms with Gasteiger partial charge in [0.1, 0.15) is 16.4 Å². The van der Waals surface area contributed by atoms with Crippen LogP contribution >= 0.6 is 0 Å². The predicted molar refractivity (Wildman–Crippen MR) is 76.7 cm³/mol. The van der Waals surface area contributed by atoms with Crippen LogP contribution in [-0.4, -0.2) is 28.7 Å². The molecule has 2 unspecified atom stereocenters. The lowest BCUT2D eigenvalue weighted by atomic mass is 10.1. The highest BCUT2D eigenvalue weighted by atomic mass is 32.2. The maximum atomic E-state index is 12.4. The van der Waals surface area contributed by atoms with Gasteiger partial charge in [0, 0.05) is 12.1 Å². The van der Waals surface area contributed by atoms with Crippen LogP contribution in [0.3, 0.4) is 0 Å². The lowest BCUT2D eigenvalue weighted by molar-refractivity contribution is 0.385. The van der Waals surface area contributed by atoms with E-state index in [-0.39, 0.29) is 10.9 Å². The van der Waals surface area contributed by atoms with Crippen molar-refractivity contribution < 1.29 is 17.9 Å². The number of hydrogen-bond donors (Lipinski definition) is 1. The van der Waals surface area contributed by atoms with Crippen molar-refractivity contribution in [3.8, 4) is 11.5 Å². The van der Waals surface area contributed by atoms with Gasteiger partial charge in [-0.15, -0.1) is 0 Å². The van der Waals surface area contributed by atoms with E-state index in [1.165, 1.54) is 20.3 Å². The summed E-state index contributed by atoms with van der Waals surface area (Å²) in [6.07, 6.45) is 2.84. The molecule has 0 radical (unpaired) electrons. The molecule has 0 saturated heterocycles. The molecule has 112 valence electrons.